The molecule has 0 aromatic rings. The van der Waals surface area contributed by atoms with E-state index in [1.807, 2.05) is 0 Å². The molecule has 84 valence electrons. The van der Waals surface area contributed by atoms with E-state index in [0.717, 1.165) is 12.2 Å². The first-order valence-electron chi connectivity index (χ1n) is 3.69. The molecular formula is C7H7ClO5S2. The highest BCUT2D eigenvalue weighted by atomic mass is 35.7. The molecule has 0 saturated heterocycles. The van der Waals surface area contributed by atoms with Gasteiger partial charge < -0.3 is 4.74 Å². The first-order chi connectivity index (χ1) is 6.86. The van der Waals surface area contributed by atoms with Crippen molar-refractivity contribution in [3.05, 3.63) is 24.0 Å². The molecule has 0 aromatic carbocycles. The second kappa shape index (κ2) is 4.38. The smallest absolute Gasteiger partial charge is 0.244 e. The van der Waals surface area contributed by atoms with E-state index in [1.165, 1.54) is 13.2 Å². The van der Waals surface area contributed by atoms with Gasteiger partial charge in [-0.25, -0.2) is 8.42 Å². The Hall–Kier alpha value is -0.790. The van der Waals surface area contributed by atoms with Gasteiger partial charge in [0, 0.05) is 16.8 Å². The number of hydrogen-bond donors (Lipinski definition) is 0. The van der Waals surface area contributed by atoms with E-state index < -0.39 is 24.6 Å². The standard InChI is InChI=1S/C7H7ClO5S2/c1-13-5-2-3-7(15(8,11)12)6(4-5)14(9)10/h2-4,7H,1H3. The summed E-state index contributed by atoms with van der Waals surface area (Å²) in [6, 6.07) is 0. The van der Waals surface area contributed by atoms with Gasteiger partial charge in [0.2, 0.25) is 19.3 Å². The SMILES string of the molecule is COC1=CC(=S(=O)=O)C(S(=O)(=O)Cl)C=C1. The normalized spacial score (nSPS) is 21.1. The highest BCUT2D eigenvalue weighted by Gasteiger charge is 2.28. The van der Waals surface area contributed by atoms with Crippen molar-refractivity contribution in [2.75, 3.05) is 7.11 Å². The van der Waals surface area contributed by atoms with Gasteiger partial charge in [-0.15, -0.1) is 0 Å². The maximum atomic E-state index is 11.0. The molecule has 0 bridgehead atoms. The second-order valence-corrected chi connectivity index (χ2v) is 6.33. The van der Waals surface area contributed by atoms with Crippen LogP contribution in [0.25, 0.3) is 0 Å². The van der Waals surface area contributed by atoms with Crippen molar-refractivity contribution in [3.63, 3.8) is 0 Å². The molecule has 1 aliphatic rings. The molecule has 0 saturated carbocycles. The summed E-state index contributed by atoms with van der Waals surface area (Å²) in [7, 11) is -0.209. The van der Waals surface area contributed by atoms with E-state index in [-0.39, 0.29) is 10.6 Å². The minimum Gasteiger partial charge on any atom is -0.497 e. The van der Waals surface area contributed by atoms with Crippen molar-refractivity contribution in [2.24, 2.45) is 0 Å². The second-order valence-electron chi connectivity index (χ2n) is 2.64. The first-order valence-corrected chi connectivity index (χ1v) is 7.14. The molecule has 5 nitrogen and oxygen atoms in total. The Morgan fingerprint density at radius 3 is 2.47 bits per heavy atom. The topological polar surface area (TPSA) is 77.5 Å². The van der Waals surface area contributed by atoms with E-state index >= 15 is 0 Å². The molecule has 1 unspecified atom stereocenters. The molecule has 1 rings (SSSR count). The Labute approximate surface area is 93.0 Å². The largest absolute Gasteiger partial charge is 0.497 e. The molecule has 0 aromatic heterocycles. The van der Waals surface area contributed by atoms with Gasteiger partial charge in [-0.1, -0.05) is 6.08 Å². The fourth-order valence-electron chi connectivity index (χ4n) is 1.05. The number of ether oxygens (including phenoxy) is 1. The van der Waals surface area contributed by atoms with Gasteiger partial charge >= 0.3 is 0 Å². The Kier molecular flexibility index (Phi) is 3.58. The van der Waals surface area contributed by atoms with E-state index in [0.29, 0.717) is 0 Å². The van der Waals surface area contributed by atoms with Gasteiger partial charge in [-0.3, -0.25) is 0 Å². The van der Waals surface area contributed by atoms with Crippen molar-refractivity contribution in [2.45, 2.75) is 5.25 Å². The lowest BCUT2D eigenvalue weighted by Crippen LogP contribution is -2.26. The van der Waals surface area contributed by atoms with Crippen LogP contribution in [0.4, 0.5) is 0 Å². The van der Waals surface area contributed by atoms with Crippen LogP contribution in [0.5, 0.6) is 0 Å². The minimum atomic E-state index is -4.00. The van der Waals surface area contributed by atoms with Crippen LogP contribution in [-0.4, -0.2) is 34.1 Å². The zero-order chi connectivity index (χ0) is 11.6. The van der Waals surface area contributed by atoms with Crippen LogP contribution in [0.1, 0.15) is 0 Å². The van der Waals surface area contributed by atoms with Crippen LogP contribution >= 0.6 is 10.7 Å². The van der Waals surface area contributed by atoms with Gasteiger partial charge in [0.25, 0.3) is 0 Å². The predicted octanol–water partition coefficient (Wildman–Crippen LogP) is 0.0752. The molecular weight excluding hydrogens is 264 g/mol. The Morgan fingerprint density at radius 2 is 2.07 bits per heavy atom. The Bertz CT molecular complexity index is 544. The summed E-state index contributed by atoms with van der Waals surface area (Å²) in [5, 5.41) is -1.35. The number of allylic oxidation sites excluding steroid dienone is 2. The molecule has 0 spiro atoms. The lowest BCUT2D eigenvalue weighted by molar-refractivity contribution is 0.307. The average molecular weight is 271 g/mol. The summed E-state index contributed by atoms with van der Waals surface area (Å²) in [4.78, 5) is -0.329. The van der Waals surface area contributed by atoms with Crippen molar-refractivity contribution in [1.82, 2.24) is 0 Å². The summed E-state index contributed by atoms with van der Waals surface area (Å²) in [6.45, 7) is 0. The Balaban J connectivity index is 3.36. The third-order valence-corrected chi connectivity index (χ3v) is 4.23. The molecule has 0 aliphatic heterocycles. The van der Waals surface area contributed by atoms with Gasteiger partial charge in [0.05, 0.1) is 12.0 Å². The van der Waals surface area contributed by atoms with Crippen molar-refractivity contribution < 1.29 is 21.6 Å². The van der Waals surface area contributed by atoms with Crippen LogP contribution in [0.15, 0.2) is 24.0 Å². The maximum absolute atomic E-state index is 11.0. The van der Waals surface area contributed by atoms with Crippen molar-refractivity contribution in [1.29, 1.82) is 0 Å². The number of methoxy groups -OCH3 is 1. The van der Waals surface area contributed by atoms with Crippen LogP contribution in [0.2, 0.25) is 0 Å². The van der Waals surface area contributed by atoms with E-state index in [9.17, 15) is 16.8 Å². The molecule has 0 radical (unpaired) electrons. The van der Waals surface area contributed by atoms with Crippen LogP contribution in [-0.2, 0) is 24.1 Å². The number of hydrogen-bond acceptors (Lipinski definition) is 5. The zero-order valence-electron chi connectivity index (χ0n) is 7.55. The molecule has 15 heavy (non-hydrogen) atoms. The molecule has 0 amide bonds. The monoisotopic (exact) mass is 270 g/mol. The van der Waals surface area contributed by atoms with Gasteiger partial charge in [0.15, 0.2) is 0 Å². The highest BCUT2D eigenvalue weighted by molar-refractivity contribution is 8.15. The third-order valence-electron chi connectivity index (χ3n) is 1.73. The summed E-state index contributed by atoms with van der Waals surface area (Å²) >= 11 is 0. The van der Waals surface area contributed by atoms with Gasteiger partial charge in [-0.05, 0) is 6.08 Å². The van der Waals surface area contributed by atoms with Crippen LogP contribution in [0, 0.1) is 0 Å². The van der Waals surface area contributed by atoms with Crippen molar-refractivity contribution in [3.8, 4) is 0 Å². The third kappa shape index (κ3) is 2.83. The highest BCUT2D eigenvalue weighted by Crippen LogP contribution is 2.18. The lowest BCUT2D eigenvalue weighted by atomic mass is 10.1. The first kappa shape index (κ1) is 12.3. The van der Waals surface area contributed by atoms with E-state index in [1.54, 1.807) is 0 Å². The average Bonchev–Trinajstić information content (AvgIpc) is 2.15. The molecule has 0 N–H and O–H groups in total. The molecule has 1 aliphatic carbocycles. The molecule has 0 heterocycles. The number of rotatable bonds is 2. The lowest BCUT2D eigenvalue weighted by Gasteiger charge is -2.12. The fraction of sp³-hybridized carbons (Fsp3) is 0.286. The quantitative estimate of drug-likeness (QED) is 0.524. The molecule has 8 heteroatoms. The molecule has 0 fully saturated rings. The molecule has 1 atom stereocenters. The number of halogens is 1. The minimum absolute atomic E-state index is 0.255. The predicted molar refractivity (Wildman–Crippen MR) is 56.7 cm³/mol. The maximum Gasteiger partial charge on any atom is 0.244 e. The van der Waals surface area contributed by atoms with Gasteiger partial charge in [0.1, 0.15) is 11.0 Å². The van der Waals surface area contributed by atoms with E-state index in [4.69, 9.17) is 15.4 Å². The zero-order valence-corrected chi connectivity index (χ0v) is 9.93. The van der Waals surface area contributed by atoms with Crippen molar-refractivity contribution >= 4 is 34.9 Å². The van der Waals surface area contributed by atoms with Crippen LogP contribution in [0.3, 0.4) is 0 Å². The summed E-state index contributed by atoms with van der Waals surface area (Å²) in [5.41, 5.74) is 0. The van der Waals surface area contributed by atoms with Gasteiger partial charge in [-0.2, -0.15) is 8.42 Å². The Morgan fingerprint density at radius 1 is 1.47 bits per heavy atom. The fourth-order valence-corrected chi connectivity index (χ4v) is 3.38. The van der Waals surface area contributed by atoms with Crippen LogP contribution < -0.4 is 0 Å². The van der Waals surface area contributed by atoms with E-state index in [2.05, 4.69) is 0 Å². The summed E-state index contributed by atoms with van der Waals surface area (Å²) in [6.07, 6.45) is 3.63. The summed E-state index contributed by atoms with van der Waals surface area (Å²) in [5.74, 6) is 0.255. The summed E-state index contributed by atoms with van der Waals surface area (Å²) < 4.78 is 48.4.